The van der Waals surface area contributed by atoms with E-state index in [4.69, 9.17) is 5.11 Å². The van der Waals surface area contributed by atoms with E-state index >= 15 is 0 Å². The summed E-state index contributed by atoms with van der Waals surface area (Å²) in [5.41, 5.74) is -1.73. The minimum atomic E-state index is -1.03. The Balaban J connectivity index is 3.05. The molecule has 1 rings (SSSR count). The van der Waals surface area contributed by atoms with Gasteiger partial charge in [-0.1, -0.05) is 0 Å². The number of carbonyl (C=O) groups excluding carboxylic acids is 1. The van der Waals surface area contributed by atoms with Crippen LogP contribution in [0.25, 0.3) is 0 Å². The Bertz CT molecular complexity index is 588. The van der Waals surface area contributed by atoms with Crippen LogP contribution in [0, 0.1) is 0 Å². The minimum absolute atomic E-state index is 0.221. The molecule has 1 aromatic heterocycles. The number of hydrogen-bond acceptors (Lipinski definition) is 4. The molecule has 0 radical (unpaired) electrons. The summed E-state index contributed by atoms with van der Waals surface area (Å²) in [7, 11) is 0. The van der Waals surface area contributed by atoms with Gasteiger partial charge in [0.05, 0.1) is 6.42 Å². The van der Waals surface area contributed by atoms with Gasteiger partial charge in [0.15, 0.2) is 0 Å². The molecule has 1 heterocycles. The fourth-order valence-electron chi connectivity index (χ4n) is 1.74. The van der Waals surface area contributed by atoms with Gasteiger partial charge in [-0.05, 0) is 13.8 Å². The Morgan fingerprint density at radius 2 is 2.05 bits per heavy atom. The molecular formula is C11H15N3O5. The lowest BCUT2D eigenvalue weighted by Gasteiger charge is -2.26. The predicted octanol–water partition coefficient (Wildman–Crippen LogP) is -0.611. The van der Waals surface area contributed by atoms with E-state index in [9.17, 15) is 19.2 Å². The van der Waals surface area contributed by atoms with Gasteiger partial charge in [0.1, 0.15) is 5.56 Å². The third kappa shape index (κ3) is 3.54. The lowest BCUT2D eigenvalue weighted by atomic mass is 10.1. The molecule has 0 aromatic carbocycles. The Morgan fingerprint density at radius 1 is 1.42 bits per heavy atom. The highest BCUT2D eigenvalue weighted by molar-refractivity contribution is 5.93. The Labute approximate surface area is 108 Å². The molecule has 104 valence electrons. The molecule has 1 atom stereocenters. The van der Waals surface area contributed by atoms with Crippen molar-refractivity contribution in [1.29, 1.82) is 0 Å². The smallest absolute Gasteiger partial charge is 0.325 e. The van der Waals surface area contributed by atoms with Gasteiger partial charge in [0.25, 0.3) is 11.5 Å². The first kappa shape index (κ1) is 14.7. The second kappa shape index (κ2) is 5.98. The van der Waals surface area contributed by atoms with E-state index in [1.807, 2.05) is 4.98 Å². The van der Waals surface area contributed by atoms with Crippen LogP contribution in [-0.4, -0.2) is 44.4 Å². The SMILES string of the molecule is CCN(C(=O)c1c[nH]c(=O)[nH]c1=O)C(C)CC(=O)O. The number of amides is 1. The standard InChI is InChI=1S/C11H15N3O5/c1-3-14(6(2)4-8(15)16)10(18)7-5-12-11(19)13-9(7)17/h5-6H,3-4H2,1-2H3,(H,15,16)(H2,12,13,17,19). The molecule has 1 unspecified atom stereocenters. The summed E-state index contributed by atoms with van der Waals surface area (Å²) in [4.78, 5) is 50.6. The van der Waals surface area contributed by atoms with Crippen LogP contribution in [0.3, 0.4) is 0 Å². The van der Waals surface area contributed by atoms with Gasteiger partial charge in [-0.2, -0.15) is 0 Å². The maximum Gasteiger partial charge on any atom is 0.325 e. The van der Waals surface area contributed by atoms with E-state index in [0.717, 1.165) is 6.20 Å². The fraction of sp³-hybridized carbons (Fsp3) is 0.455. The molecular weight excluding hydrogens is 254 g/mol. The van der Waals surface area contributed by atoms with Crippen molar-refractivity contribution in [3.05, 3.63) is 32.6 Å². The third-order valence-corrected chi connectivity index (χ3v) is 2.65. The van der Waals surface area contributed by atoms with Gasteiger partial charge in [-0.3, -0.25) is 19.4 Å². The zero-order valence-electron chi connectivity index (χ0n) is 10.6. The summed E-state index contributed by atoms with van der Waals surface area (Å²) in [5.74, 6) is -1.65. The molecule has 0 aliphatic rings. The number of H-pyrrole nitrogens is 2. The number of aromatic amines is 2. The largest absolute Gasteiger partial charge is 0.481 e. The first-order valence-electron chi connectivity index (χ1n) is 5.71. The van der Waals surface area contributed by atoms with E-state index in [2.05, 4.69) is 4.98 Å². The number of nitrogens with zero attached hydrogens (tertiary/aromatic N) is 1. The summed E-state index contributed by atoms with van der Waals surface area (Å²) in [5, 5.41) is 8.72. The molecule has 8 nitrogen and oxygen atoms in total. The Morgan fingerprint density at radius 3 is 2.53 bits per heavy atom. The second-order valence-corrected chi connectivity index (χ2v) is 4.02. The topological polar surface area (TPSA) is 123 Å². The number of nitrogens with one attached hydrogen (secondary N) is 2. The highest BCUT2D eigenvalue weighted by Crippen LogP contribution is 2.07. The summed E-state index contributed by atoms with van der Waals surface area (Å²) in [6, 6.07) is -0.554. The second-order valence-electron chi connectivity index (χ2n) is 4.02. The van der Waals surface area contributed by atoms with Crippen LogP contribution < -0.4 is 11.2 Å². The number of carboxylic acid groups (broad SMARTS) is 1. The number of rotatable bonds is 5. The van der Waals surface area contributed by atoms with Crippen molar-refractivity contribution in [2.24, 2.45) is 0 Å². The lowest BCUT2D eigenvalue weighted by molar-refractivity contribution is -0.138. The van der Waals surface area contributed by atoms with Crippen molar-refractivity contribution in [2.75, 3.05) is 6.54 Å². The van der Waals surface area contributed by atoms with Crippen molar-refractivity contribution in [1.82, 2.24) is 14.9 Å². The minimum Gasteiger partial charge on any atom is -0.481 e. The third-order valence-electron chi connectivity index (χ3n) is 2.65. The van der Waals surface area contributed by atoms with Gasteiger partial charge in [-0.25, -0.2) is 4.79 Å². The normalized spacial score (nSPS) is 11.9. The van der Waals surface area contributed by atoms with Crippen molar-refractivity contribution >= 4 is 11.9 Å². The molecule has 0 aliphatic carbocycles. The number of hydrogen-bond donors (Lipinski definition) is 3. The number of carboxylic acids is 1. The molecule has 3 N–H and O–H groups in total. The molecule has 0 aliphatic heterocycles. The van der Waals surface area contributed by atoms with Crippen LogP contribution in [-0.2, 0) is 4.79 Å². The van der Waals surface area contributed by atoms with Crippen molar-refractivity contribution in [3.63, 3.8) is 0 Å². The molecule has 8 heteroatoms. The van der Waals surface area contributed by atoms with Crippen LogP contribution in [0.2, 0.25) is 0 Å². The van der Waals surface area contributed by atoms with Gasteiger partial charge in [0.2, 0.25) is 0 Å². The van der Waals surface area contributed by atoms with Crippen LogP contribution in [0.5, 0.6) is 0 Å². The Hall–Kier alpha value is -2.38. The molecule has 0 spiro atoms. The van der Waals surface area contributed by atoms with Crippen LogP contribution in [0.1, 0.15) is 30.6 Å². The van der Waals surface area contributed by atoms with Crippen LogP contribution >= 0.6 is 0 Å². The monoisotopic (exact) mass is 269 g/mol. The van der Waals surface area contributed by atoms with E-state index in [1.165, 1.54) is 4.90 Å². The van der Waals surface area contributed by atoms with E-state index in [-0.39, 0.29) is 18.5 Å². The van der Waals surface area contributed by atoms with Gasteiger partial charge < -0.3 is 15.0 Å². The zero-order chi connectivity index (χ0) is 14.6. The average Bonchev–Trinajstić information content (AvgIpc) is 2.28. The van der Waals surface area contributed by atoms with E-state index in [0.29, 0.717) is 0 Å². The zero-order valence-corrected chi connectivity index (χ0v) is 10.6. The molecule has 0 fully saturated rings. The number of aromatic nitrogens is 2. The van der Waals surface area contributed by atoms with Crippen molar-refractivity contribution < 1.29 is 14.7 Å². The van der Waals surface area contributed by atoms with Crippen molar-refractivity contribution in [2.45, 2.75) is 26.3 Å². The summed E-state index contributed by atoms with van der Waals surface area (Å²) < 4.78 is 0. The highest BCUT2D eigenvalue weighted by Gasteiger charge is 2.24. The van der Waals surface area contributed by atoms with Crippen molar-refractivity contribution in [3.8, 4) is 0 Å². The fourth-order valence-corrected chi connectivity index (χ4v) is 1.74. The molecule has 19 heavy (non-hydrogen) atoms. The maximum absolute atomic E-state index is 12.1. The Kier molecular flexibility index (Phi) is 4.62. The molecule has 1 aromatic rings. The van der Waals surface area contributed by atoms with E-state index in [1.54, 1.807) is 13.8 Å². The number of carbonyl (C=O) groups is 2. The van der Waals surface area contributed by atoms with Crippen LogP contribution in [0.15, 0.2) is 15.8 Å². The lowest BCUT2D eigenvalue weighted by Crippen LogP contribution is -2.42. The quantitative estimate of drug-likeness (QED) is 0.657. The molecule has 0 saturated heterocycles. The summed E-state index contributed by atoms with van der Waals surface area (Å²) >= 11 is 0. The molecule has 1 amide bonds. The molecule has 0 bridgehead atoms. The summed E-state index contributed by atoms with van der Waals surface area (Å²) in [6.07, 6.45) is 0.806. The van der Waals surface area contributed by atoms with Crippen LogP contribution in [0.4, 0.5) is 0 Å². The highest BCUT2D eigenvalue weighted by atomic mass is 16.4. The average molecular weight is 269 g/mol. The van der Waals surface area contributed by atoms with Gasteiger partial charge in [-0.15, -0.1) is 0 Å². The van der Waals surface area contributed by atoms with E-state index < -0.39 is 29.2 Å². The maximum atomic E-state index is 12.1. The first-order valence-corrected chi connectivity index (χ1v) is 5.71. The molecule has 0 saturated carbocycles. The first-order chi connectivity index (χ1) is 8.86. The predicted molar refractivity (Wildman–Crippen MR) is 66.1 cm³/mol. The van der Waals surface area contributed by atoms with Gasteiger partial charge >= 0.3 is 11.7 Å². The van der Waals surface area contributed by atoms with Gasteiger partial charge in [0, 0.05) is 18.8 Å². The summed E-state index contributed by atoms with van der Waals surface area (Å²) in [6.45, 7) is 3.51. The number of aliphatic carboxylic acids is 1.